The van der Waals surface area contributed by atoms with E-state index in [1.165, 1.54) is 19.3 Å². The van der Waals surface area contributed by atoms with Gasteiger partial charge in [-0.3, -0.25) is 0 Å². The topological polar surface area (TPSA) is 60.2 Å². The lowest BCUT2D eigenvalue weighted by atomic mass is 9.65. The third-order valence-electron chi connectivity index (χ3n) is 5.57. The summed E-state index contributed by atoms with van der Waals surface area (Å²) in [4.78, 5) is 0. The van der Waals surface area contributed by atoms with Crippen LogP contribution in [0.4, 0.5) is 0 Å². The van der Waals surface area contributed by atoms with Gasteiger partial charge < -0.3 is 5.73 Å². The quantitative estimate of drug-likeness (QED) is 0.782. The van der Waals surface area contributed by atoms with Crippen molar-refractivity contribution in [2.75, 3.05) is 11.5 Å². The van der Waals surface area contributed by atoms with E-state index in [0.29, 0.717) is 17.6 Å². The van der Waals surface area contributed by atoms with E-state index in [1.807, 2.05) is 0 Å². The number of sulfone groups is 1. The minimum absolute atomic E-state index is 0.121. The molecule has 0 amide bonds. The van der Waals surface area contributed by atoms with Crippen molar-refractivity contribution in [1.29, 1.82) is 0 Å². The van der Waals surface area contributed by atoms with E-state index in [4.69, 9.17) is 5.73 Å². The molecule has 0 radical (unpaired) electrons. The normalized spacial score (nSPS) is 28.6. The minimum Gasteiger partial charge on any atom is -0.325 e. The molecule has 120 valence electrons. The number of nitrogens with two attached hydrogens (primary N) is 1. The second kappa shape index (κ2) is 6.78. The molecular formula is C16H33NO2S. The maximum atomic E-state index is 11.5. The van der Waals surface area contributed by atoms with E-state index < -0.39 is 9.84 Å². The fourth-order valence-corrected chi connectivity index (χ4v) is 4.17. The van der Waals surface area contributed by atoms with Gasteiger partial charge in [0, 0.05) is 11.3 Å². The van der Waals surface area contributed by atoms with E-state index in [1.54, 1.807) is 6.92 Å². The molecule has 1 saturated carbocycles. The van der Waals surface area contributed by atoms with Crippen LogP contribution in [0.5, 0.6) is 0 Å². The molecule has 0 aromatic carbocycles. The van der Waals surface area contributed by atoms with E-state index in [0.717, 1.165) is 25.2 Å². The molecule has 1 fully saturated rings. The first kappa shape index (κ1) is 18.0. The van der Waals surface area contributed by atoms with Crippen molar-refractivity contribution in [3.05, 3.63) is 0 Å². The molecule has 0 aliphatic heterocycles. The van der Waals surface area contributed by atoms with Crippen molar-refractivity contribution in [1.82, 2.24) is 0 Å². The Bertz CT molecular complexity index is 393. The zero-order chi connectivity index (χ0) is 15.4. The highest BCUT2D eigenvalue weighted by Gasteiger charge is 2.37. The van der Waals surface area contributed by atoms with Crippen molar-refractivity contribution in [3.8, 4) is 0 Å². The first-order valence-corrected chi connectivity index (χ1v) is 9.95. The maximum absolute atomic E-state index is 11.5. The Morgan fingerprint density at radius 3 is 2.20 bits per heavy atom. The summed E-state index contributed by atoms with van der Waals surface area (Å²) in [5.41, 5.74) is 6.77. The molecular weight excluding hydrogens is 270 g/mol. The fraction of sp³-hybridized carbons (Fsp3) is 1.00. The summed E-state index contributed by atoms with van der Waals surface area (Å²) >= 11 is 0. The summed E-state index contributed by atoms with van der Waals surface area (Å²) in [6, 6.07) is 0. The molecule has 1 rings (SSSR count). The molecule has 0 aromatic rings. The lowest BCUT2D eigenvalue weighted by Gasteiger charge is -2.43. The summed E-state index contributed by atoms with van der Waals surface area (Å²) in [6.07, 6.45) is 7.26. The van der Waals surface area contributed by atoms with Gasteiger partial charge in [0.25, 0.3) is 0 Å². The first-order valence-electron chi connectivity index (χ1n) is 8.13. The third kappa shape index (κ3) is 5.03. The van der Waals surface area contributed by atoms with E-state index in [9.17, 15) is 8.42 Å². The van der Waals surface area contributed by atoms with Crippen LogP contribution < -0.4 is 5.73 Å². The average Bonchev–Trinajstić information content (AvgIpc) is 2.39. The number of hydrogen-bond donors (Lipinski definition) is 1. The Labute approximate surface area is 125 Å². The highest BCUT2D eigenvalue weighted by Crippen LogP contribution is 2.43. The van der Waals surface area contributed by atoms with Gasteiger partial charge in [-0.1, -0.05) is 34.1 Å². The first-order chi connectivity index (χ1) is 9.14. The molecule has 4 heteroatoms. The van der Waals surface area contributed by atoms with Crippen LogP contribution in [0.2, 0.25) is 0 Å². The van der Waals surface area contributed by atoms with Gasteiger partial charge in [-0.2, -0.15) is 0 Å². The molecule has 0 unspecified atom stereocenters. The van der Waals surface area contributed by atoms with E-state index in [-0.39, 0.29) is 11.3 Å². The monoisotopic (exact) mass is 303 g/mol. The molecule has 0 aromatic heterocycles. The zero-order valence-corrected chi connectivity index (χ0v) is 14.6. The third-order valence-corrected chi connectivity index (χ3v) is 7.36. The molecule has 2 N–H and O–H groups in total. The molecule has 1 aliphatic carbocycles. The Kier molecular flexibility index (Phi) is 6.09. The molecule has 1 aliphatic rings. The number of hydrogen-bond acceptors (Lipinski definition) is 3. The van der Waals surface area contributed by atoms with Gasteiger partial charge >= 0.3 is 0 Å². The molecule has 0 spiro atoms. The average molecular weight is 304 g/mol. The Morgan fingerprint density at radius 1 is 1.20 bits per heavy atom. The van der Waals surface area contributed by atoms with Crippen LogP contribution in [0, 0.1) is 11.3 Å². The van der Waals surface area contributed by atoms with Crippen molar-refractivity contribution in [3.63, 3.8) is 0 Å². The fourth-order valence-electron chi connectivity index (χ4n) is 3.30. The Balaban J connectivity index is 2.43. The number of rotatable bonds is 7. The standard InChI is InChI=1S/C16H33NO2S/c1-5-15(3,4)14-8-11-16(17,12-9-14)10-7-13-20(18,19)6-2/h14H,5-13,17H2,1-4H3. The second-order valence-corrected chi connectivity index (χ2v) is 9.79. The van der Waals surface area contributed by atoms with Gasteiger partial charge in [0.15, 0.2) is 0 Å². The molecule has 3 nitrogen and oxygen atoms in total. The second-order valence-electron chi connectivity index (χ2n) is 7.32. The van der Waals surface area contributed by atoms with Crippen LogP contribution in [0.1, 0.15) is 72.6 Å². The van der Waals surface area contributed by atoms with Crippen molar-refractivity contribution < 1.29 is 8.42 Å². The predicted molar refractivity (Wildman–Crippen MR) is 86.5 cm³/mol. The van der Waals surface area contributed by atoms with Crippen LogP contribution in [0.15, 0.2) is 0 Å². The molecule has 0 heterocycles. The van der Waals surface area contributed by atoms with Crippen molar-refractivity contribution >= 4 is 9.84 Å². The Hall–Kier alpha value is -0.0900. The van der Waals surface area contributed by atoms with E-state index >= 15 is 0 Å². The summed E-state index contributed by atoms with van der Waals surface area (Å²) in [5, 5.41) is 0. The highest BCUT2D eigenvalue weighted by atomic mass is 32.2. The molecule has 20 heavy (non-hydrogen) atoms. The van der Waals surface area contributed by atoms with Crippen LogP contribution >= 0.6 is 0 Å². The van der Waals surface area contributed by atoms with Gasteiger partial charge in [0.1, 0.15) is 9.84 Å². The zero-order valence-electron chi connectivity index (χ0n) is 13.7. The predicted octanol–water partition coefficient (Wildman–Crippen LogP) is 3.53. The van der Waals surface area contributed by atoms with Crippen molar-refractivity contribution in [2.45, 2.75) is 78.2 Å². The largest absolute Gasteiger partial charge is 0.325 e. The lowest BCUT2D eigenvalue weighted by molar-refractivity contribution is 0.111. The van der Waals surface area contributed by atoms with Gasteiger partial charge in [-0.25, -0.2) is 8.42 Å². The SMILES string of the molecule is CCC(C)(C)C1CCC(N)(CCCS(=O)(=O)CC)CC1. The van der Waals surface area contributed by atoms with Crippen LogP contribution in [-0.2, 0) is 9.84 Å². The van der Waals surface area contributed by atoms with E-state index in [2.05, 4.69) is 20.8 Å². The summed E-state index contributed by atoms with van der Waals surface area (Å²) in [5.74, 6) is 1.31. The van der Waals surface area contributed by atoms with Gasteiger partial charge in [-0.15, -0.1) is 0 Å². The van der Waals surface area contributed by atoms with Gasteiger partial charge in [0.05, 0.1) is 5.75 Å². The van der Waals surface area contributed by atoms with Crippen LogP contribution in [0.3, 0.4) is 0 Å². The smallest absolute Gasteiger partial charge is 0.150 e. The molecule has 0 saturated heterocycles. The Morgan fingerprint density at radius 2 is 1.75 bits per heavy atom. The van der Waals surface area contributed by atoms with Crippen molar-refractivity contribution in [2.24, 2.45) is 17.1 Å². The summed E-state index contributed by atoms with van der Waals surface area (Å²) in [6.45, 7) is 8.69. The highest BCUT2D eigenvalue weighted by molar-refractivity contribution is 7.91. The maximum Gasteiger partial charge on any atom is 0.150 e. The van der Waals surface area contributed by atoms with Crippen LogP contribution in [0.25, 0.3) is 0 Å². The minimum atomic E-state index is -2.84. The lowest BCUT2D eigenvalue weighted by Crippen LogP contribution is -2.45. The van der Waals surface area contributed by atoms with Crippen LogP contribution in [-0.4, -0.2) is 25.5 Å². The molecule has 0 bridgehead atoms. The van der Waals surface area contributed by atoms with Gasteiger partial charge in [0.2, 0.25) is 0 Å². The summed E-state index contributed by atoms with van der Waals surface area (Å²) in [7, 11) is -2.84. The summed E-state index contributed by atoms with van der Waals surface area (Å²) < 4.78 is 23.1. The molecule has 0 atom stereocenters. The van der Waals surface area contributed by atoms with Gasteiger partial charge in [-0.05, 0) is 49.9 Å².